The quantitative estimate of drug-likeness (QED) is 0.863. The fourth-order valence-electron chi connectivity index (χ4n) is 2.80. The van der Waals surface area contributed by atoms with Crippen LogP contribution in [0, 0.1) is 0 Å². The smallest absolute Gasteiger partial charge is 0.263 e. The molecule has 1 saturated heterocycles. The number of amides is 1. The van der Waals surface area contributed by atoms with E-state index in [0.717, 1.165) is 49.2 Å². The average molecular weight is 318 g/mol. The highest BCUT2D eigenvalue weighted by Gasteiger charge is 2.24. The maximum atomic E-state index is 12.6. The summed E-state index contributed by atoms with van der Waals surface area (Å²) in [5.41, 5.74) is 5.47. The van der Waals surface area contributed by atoms with Gasteiger partial charge in [-0.05, 0) is 43.3 Å². The molecular formula is C17H22N2O2S. The Bertz CT molecular complexity index is 599. The predicted molar refractivity (Wildman–Crippen MR) is 90.4 cm³/mol. The number of thiophene rings is 1. The number of carbonyl (C=O) groups excluding carboxylic acids is 1. The van der Waals surface area contributed by atoms with Crippen LogP contribution in [0.5, 0.6) is 0 Å². The Balaban J connectivity index is 1.57. The molecule has 0 unspecified atom stereocenters. The summed E-state index contributed by atoms with van der Waals surface area (Å²) >= 11 is 1.58. The Hall–Kier alpha value is -1.43. The van der Waals surface area contributed by atoms with Crippen molar-refractivity contribution < 1.29 is 9.53 Å². The van der Waals surface area contributed by atoms with Crippen molar-refractivity contribution >= 4 is 27.3 Å². The van der Waals surface area contributed by atoms with Crippen LogP contribution in [0.3, 0.4) is 0 Å². The molecular weight excluding hydrogens is 296 g/mol. The van der Waals surface area contributed by atoms with Crippen LogP contribution in [0.25, 0.3) is 10.1 Å². The molecule has 1 aliphatic rings. The number of benzene rings is 1. The Kier molecular flexibility index (Phi) is 5.08. The third-order valence-corrected chi connectivity index (χ3v) is 5.17. The summed E-state index contributed by atoms with van der Waals surface area (Å²) in [6, 6.07) is 10.1. The lowest BCUT2D eigenvalue weighted by molar-refractivity contribution is 0.00858. The summed E-state index contributed by atoms with van der Waals surface area (Å²) in [5, 5.41) is 1.15. The Labute approximate surface area is 134 Å². The molecule has 22 heavy (non-hydrogen) atoms. The molecule has 0 spiro atoms. The zero-order chi connectivity index (χ0) is 15.4. The van der Waals surface area contributed by atoms with E-state index in [0.29, 0.717) is 6.54 Å². The molecule has 1 fully saturated rings. The first-order chi connectivity index (χ1) is 10.8. The van der Waals surface area contributed by atoms with Crippen molar-refractivity contribution in [2.24, 2.45) is 5.73 Å². The fraction of sp³-hybridized carbons (Fsp3) is 0.471. The lowest BCUT2D eigenvalue weighted by atomic mass is 10.1. The summed E-state index contributed by atoms with van der Waals surface area (Å²) < 4.78 is 6.96. The molecule has 5 heteroatoms. The van der Waals surface area contributed by atoms with Gasteiger partial charge in [0.05, 0.1) is 11.0 Å². The van der Waals surface area contributed by atoms with E-state index in [4.69, 9.17) is 10.5 Å². The van der Waals surface area contributed by atoms with Gasteiger partial charge in [0, 0.05) is 24.4 Å². The summed E-state index contributed by atoms with van der Waals surface area (Å²) in [4.78, 5) is 15.4. The third-order valence-electron chi connectivity index (χ3n) is 4.07. The minimum absolute atomic E-state index is 0.154. The van der Waals surface area contributed by atoms with E-state index < -0.39 is 0 Å². The molecule has 3 rings (SSSR count). The van der Waals surface area contributed by atoms with Gasteiger partial charge in [0.2, 0.25) is 0 Å². The van der Waals surface area contributed by atoms with Gasteiger partial charge in [-0.15, -0.1) is 11.3 Å². The summed E-state index contributed by atoms with van der Waals surface area (Å²) in [7, 11) is 0. The van der Waals surface area contributed by atoms with Crippen molar-refractivity contribution in [3.63, 3.8) is 0 Å². The van der Waals surface area contributed by atoms with Gasteiger partial charge < -0.3 is 15.4 Å². The molecule has 1 aromatic heterocycles. The number of likely N-dealkylation sites (tertiary alicyclic amines) is 1. The minimum Gasteiger partial charge on any atom is -0.378 e. The van der Waals surface area contributed by atoms with Crippen LogP contribution in [-0.2, 0) is 4.74 Å². The van der Waals surface area contributed by atoms with Crippen molar-refractivity contribution in [3.8, 4) is 0 Å². The lowest BCUT2D eigenvalue weighted by Gasteiger charge is -2.31. The normalized spacial score (nSPS) is 16.3. The van der Waals surface area contributed by atoms with Gasteiger partial charge in [-0.1, -0.05) is 18.2 Å². The molecule has 0 radical (unpaired) electrons. The zero-order valence-corrected chi connectivity index (χ0v) is 13.5. The number of nitrogens with two attached hydrogens (primary N) is 1. The molecule has 1 aliphatic heterocycles. The van der Waals surface area contributed by atoms with Crippen molar-refractivity contribution in [2.75, 3.05) is 26.2 Å². The van der Waals surface area contributed by atoms with Crippen LogP contribution >= 0.6 is 11.3 Å². The number of hydrogen-bond donors (Lipinski definition) is 1. The van der Waals surface area contributed by atoms with Crippen LogP contribution in [0.1, 0.15) is 28.9 Å². The zero-order valence-electron chi connectivity index (χ0n) is 12.7. The van der Waals surface area contributed by atoms with Crippen LogP contribution in [0.4, 0.5) is 0 Å². The van der Waals surface area contributed by atoms with E-state index in [1.165, 1.54) is 4.70 Å². The van der Waals surface area contributed by atoms with Gasteiger partial charge in [-0.3, -0.25) is 4.79 Å². The topological polar surface area (TPSA) is 55.6 Å². The number of carbonyl (C=O) groups is 1. The van der Waals surface area contributed by atoms with Gasteiger partial charge in [0.1, 0.15) is 0 Å². The lowest BCUT2D eigenvalue weighted by Crippen LogP contribution is -2.40. The molecule has 2 heterocycles. The monoisotopic (exact) mass is 318 g/mol. The van der Waals surface area contributed by atoms with E-state index in [9.17, 15) is 4.79 Å². The Morgan fingerprint density at radius 3 is 2.82 bits per heavy atom. The number of rotatable bonds is 5. The van der Waals surface area contributed by atoms with Crippen molar-refractivity contribution in [2.45, 2.75) is 25.4 Å². The first-order valence-electron chi connectivity index (χ1n) is 7.87. The number of fused-ring (bicyclic) bond motifs is 1. The predicted octanol–water partition coefficient (Wildman–Crippen LogP) is 2.87. The summed E-state index contributed by atoms with van der Waals surface area (Å²) in [6.45, 7) is 2.95. The van der Waals surface area contributed by atoms with Gasteiger partial charge in [-0.2, -0.15) is 0 Å². The minimum atomic E-state index is 0.154. The highest BCUT2D eigenvalue weighted by molar-refractivity contribution is 7.20. The Morgan fingerprint density at radius 2 is 2.09 bits per heavy atom. The standard InChI is InChI=1S/C17H22N2O2S/c18-8-3-11-21-14-6-9-19(10-7-14)17(20)16-12-13-4-1-2-5-15(13)22-16/h1-2,4-5,12,14H,3,6-11,18H2. The molecule has 0 atom stereocenters. The largest absolute Gasteiger partial charge is 0.378 e. The first-order valence-corrected chi connectivity index (χ1v) is 8.69. The molecule has 4 nitrogen and oxygen atoms in total. The number of piperidine rings is 1. The van der Waals surface area contributed by atoms with Crippen LogP contribution in [0.2, 0.25) is 0 Å². The highest BCUT2D eigenvalue weighted by atomic mass is 32.1. The van der Waals surface area contributed by atoms with Crippen LogP contribution in [-0.4, -0.2) is 43.2 Å². The van der Waals surface area contributed by atoms with Gasteiger partial charge >= 0.3 is 0 Å². The maximum Gasteiger partial charge on any atom is 0.263 e. The average Bonchev–Trinajstić information content (AvgIpc) is 2.99. The second-order valence-corrected chi connectivity index (χ2v) is 6.74. The molecule has 1 aromatic carbocycles. The van der Waals surface area contributed by atoms with Gasteiger partial charge in [0.25, 0.3) is 5.91 Å². The number of hydrogen-bond acceptors (Lipinski definition) is 4. The molecule has 0 saturated carbocycles. The fourth-order valence-corrected chi connectivity index (χ4v) is 3.83. The van der Waals surface area contributed by atoms with E-state index in [1.807, 2.05) is 23.1 Å². The highest BCUT2D eigenvalue weighted by Crippen LogP contribution is 2.27. The van der Waals surface area contributed by atoms with Crippen LogP contribution in [0.15, 0.2) is 30.3 Å². The van der Waals surface area contributed by atoms with E-state index in [2.05, 4.69) is 12.1 Å². The summed E-state index contributed by atoms with van der Waals surface area (Å²) in [6.07, 6.45) is 3.02. The SMILES string of the molecule is NCCCOC1CCN(C(=O)c2cc3ccccc3s2)CC1. The van der Waals surface area contributed by atoms with Crippen molar-refractivity contribution in [1.29, 1.82) is 0 Å². The van der Waals surface area contributed by atoms with Crippen molar-refractivity contribution in [3.05, 3.63) is 35.2 Å². The van der Waals surface area contributed by atoms with E-state index in [1.54, 1.807) is 11.3 Å². The first kappa shape index (κ1) is 15.5. The molecule has 1 amide bonds. The second kappa shape index (κ2) is 7.22. The van der Waals surface area contributed by atoms with E-state index in [-0.39, 0.29) is 12.0 Å². The van der Waals surface area contributed by atoms with Gasteiger partial charge in [0.15, 0.2) is 0 Å². The summed E-state index contributed by atoms with van der Waals surface area (Å²) in [5.74, 6) is 0.154. The third kappa shape index (κ3) is 3.48. The van der Waals surface area contributed by atoms with E-state index >= 15 is 0 Å². The molecule has 0 bridgehead atoms. The second-order valence-electron chi connectivity index (χ2n) is 5.65. The Morgan fingerprint density at radius 1 is 1.32 bits per heavy atom. The molecule has 118 valence electrons. The number of nitrogens with zero attached hydrogens (tertiary/aromatic N) is 1. The molecule has 2 aromatic rings. The molecule has 0 aliphatic carbocycles. The van der Waals surface area contributed by atoms with Crippen molar-refractivity contribution in [1.82, 2.24) is 4.90 Å². The number of ether oxygens (including phenoxy) is 1. The van der Waals surface area contributed by atoms with Crippen LogP contribution < -0.4 is 5.73 Å². The maximum absolute atomic E-state index is 12.6. The van der Waals surface area contributed by atoms with Gasteiger partial charge in [-0.25, -0.2) is 0 Å². The molecule has 2 N–H and O–H groups in total.